The van der Waals surface area contributed by atoms with Crippen molar-refractivity contribution < 1.29 is 38.9 Å². The number of urea groups is 1. The lowest BCUT2D eigenvalue weighted by atomic mass is 10.1. The minimum atomic E-state index is -1.14. The number of aromatic nitrogens is 1. The quantitative estimate of drug-likeness (QED) is 0.180. The number of amides is 4. The third kappa shape index (κ3) is 9.82. The van der Waals surface area contributed by atoms with Gasteiger partial charge in [-0.25, -0.2) is 9.78 Å². The largest absolute Gasteiger partial charge is 0.495 e. The van der Waals surface area contributed by atoms with Crippen molar-refractivity contribution in [3.63, 3.8) is 0 Å². The van der Waals surface area contributed by atoms with Gasteiger partial charge in [0.15, 0.2) is 0 Å². The monoisotopic (exact) mass is 605 g/mol. The highest BCUT2D eigenvalue weighted by Crippen LogP contribution is 2.27. The van der Waals surface area contributed by atoms with Gasteiger partial charge in [0.25, 0.3) is 0 Å². The topological polar surface area (TPSA) is 187 Å². The van der Waals surface area contributed by atoms with Crippen molar-refractivity contribution in [3.05, 3.63) is 77.5 Å². The van der Waals surface area contributed by atoms with Crippen LogP contribution in [0.1, 0.15) is 48.4 Å². The summed E-state index contributed by atoms with van der Waals surface area (Å²) in [6, 6.07) is 14.1. The zero-order valence-electron chi connectivity index (χ0n) is 24.6. The summed E-state index contributed by atoms with van der Waals surface area (Å²) >= 11 is 0. The van der Waals surface area contributed by atoms with Gasteiger partial charge in [0.1, 0.15) is 11.6 Å². The van der Waals surface area contributed by atoms with E-state index >= 15 is 0 Å². The van der Waals surface area contributed by atoms with Gasteiger partial charge in [-0.15, -0.1) is 0 Å². The molecule has 3 rings (SSSR count). The van der Waals surface area contributed by atoms with Crippen LogP contribution in [0.25, 0.3) is 0 Å². The van der Waals surface area contributed by atoms with Crippen molar-refractivity contribution >= 4 is 47.0 Å². The molecule has 0 bridgehead atoms. The Labute approximate surface area is 254 Å². The second-order valence-corrected chi connectivity index (χ2v) is 9.97. The number of anilines is 3. The predicted octanol–water partition coefficient (Wildman–Crippen LogP) is 4.14. The summed E-state index contributed by atoms with van der Waals surface area (Å²) in [4.78, 5) is 65.5. The number of benzene rings is 2. The van der Waals surface area contributed by atoms with Crippen molar-refractivity contribution in [2.24, 2.45) is 0 Å². The number of carboxylic acids is 2. The van der Waals surface area contributed by atoms with Crippen LogP contribution in [0.4, 0.5) is 22.0 Å². The number of ether oxygens (including phenoxy) is 1. The number of pyridine rings is 1. The van der Waals surface area contributed by atoms with E-state index in [1.54, 1.807) is 43.4 Å². The number of methoxy groups -OCH3 is 1. The molecule has 13 nitrogen and oxygen atoms in total. The van der Waals surface area contributed by atoms with E-state index in [0.29, 0.717) is 34.1 Å². The molecule has 0 saturated carbocycles. The van der Waals surface area contributed by atoms with Crippen molar-refractivity contribution in [1.82, 2.24) is 10.3 Å². The number of carbonyl (C=O) groups is 5. The third-order valence-electron chi connectivity index (χ3n) is 6.66. The maximum atomic E-state index is 13.1. The van der Waals surface area contributed by atoms with E-state index in [-0.39, 0.29) is 31.6 Å². The van der Waals surface area contributed by atoms with Crippen molar-refractivity contribution in [3.8, 4) is 5.75 Å². The summed E-state index contributed by atoms with van der Waals surface area (Å²) in [5.74, 6) is -2.25. The van der Waals surface area contributed by atoms with Gasteiger partial charge in [-0.3, -0.25) is 24.1 Å². The van der Waals surface area contributed by atoms with Crippen LogP contribution in [0.3, 0.4) is 0 Å². The normalized spacial score (nSPS) is 11.2. The lowest BCUT2D eigenvalue weighted by molar-refractivity contribution is -0.138. The molecule has 1 atom stereocenters. The number of likely N-dealkylation sites (N-methyl/N-ethyl adjacent to an activating group) is 1. The molecular weight excluding hydrogens is 570 g/mol. The second kappa shape index (κ2) is 15.7. The number of rotatable bonds is 14. The first-order chi connectivity index (χ1) is 21.0. The van der Waals surface area contributed by atoms with Gasteiger partial charge >= 0.3 is 18.0 Å². The second-order valence-electron chi connectivity index (χ2n) is 9.97. The average molecular weight is 606 g/mol. The first-order valence-electron chi connectivity index (χ1n) is 13.7. The van der Waals surface area contributed by atoms with Crippen LogP contribution in [0.5, 0.6) is 5.75 Å². The Hall–Kier alpha value is -5.46. The van der Waals surface area contributed by atoms with Crippen molar-refractivity contribution in [2.75, 3.05) is 29.7 Å². The summed E-state index contributed by atoms with van der Waals surface area (Å²) < 4.78 is 5.43. The molecule has 1 aromatic heterocycles. The van der Waals surface area contributed by atoms with Gasteiger partial charge in [0.05, 0.1) is 31.7 Å². The molecule has 0 fully saturated rings. The van der Waals surface area contributed by atoms with Crippen LogP contribution >= 0.6 is 0 Å². The summed E-state index contributed by atoms with van der Waals surface area (Å²) in [6.45, 7) is 1.88. The number of carboxylic acid groups (broad SMARTS) is 2. The van der Waals surface area contributed by atoms with E-state index in [2.05, 4.69) is 20.9 Å². The zero-order valence-corrected chi connectivity index (χ0v) is 24.6. The van der Waals surface area contributed by atoms with Crippen LogP contribution < -0.4 is 25.6 Å². The molecule has 1 heterocycles. The number of carbonyl (C=O) groups excluding carboxylic acids is 3. The molecule has 44 heavy (non-hydrogen) atoms. The fourth-order valence-electron chi connectivity index (χ4n) is 4.25. The Morgan fingerprint density at radius 3 is 2.30 bits per heavy atom. The van der Waals surface area contributed by atoms with E-state index in [1.807, 2.05) is 25.1 Å². The number of aliphatic carboxylic acids is 2. The number of hydrogen-bond donors (Lipinski definition) is 5. The highest BCUT2D eigenvalue weighted by atomic mass is 16.5. The van der Waals surface area contributed by atoms with Gasteiger partial charge in [0, 0.05) is 31.8 Å². The maximum absolute atomic E-state index is 13.1. The van der Waals surface area contributed by atoms with Gasteiger partial charge in [-0.2, -0.15) is 0 Å². The Morgan fingerprint density at radius 2 is 1.66 bits per heavy atom. The number of hydrogen-bond acceptors (Lipinski definition) is 7. The molecule has 5 N–H and O–H groups in total. The van der Waals surface area contributed by atoms with Crippen LogP contribution in [0.2, 0.25) is 0 Å². The lowest BCUT2D eigenvalue weighted by Crippen LogP contribution is -2.31. The molecular formula is C31H35N5O8. The van der Waals surface area contributed by atoms with Crippen LogP contribution in [0, 0.1) is 6.92 Å². The SMILES string of the molecule is COc1cc(CC(=O)N(C)c2ccc(C(CC(=O)O)NC(=O)CCCC(=O)O)cn2)ccc1NC(=O)Nc1ccccc1C. The van der Waals surface area contributed by atoms with E-state index in [4.69, 9.17) is 9.84 Å². The average Bonchev–Trinajstić information content (AvgIpc) is 2.98. The lowest BCUT2D eigenvalue weighted by Gasteiger charge is -2.20. The van der Waals surface area contributed by atoms with Gasteiger partial charge < -0.3 is 30.9 Å². The fourth-order valence-corrected chi connectivity index (χ4v) is 4.25. The Morgan fingerprint density at radius 1 is 0.932 bits per heavy atom. The van der Waals surface area contributed by atoms with Gasteiger partial charge in [-0.1, -0.05) is 30.3 Å². The highest BCUT2D eigenvalue weighted by molar-refractivity contribution is 6.01. The van der Waals surface area contributed by atoms with Crippen molar-refractivity contribution in [2.45, 2.75) is 45.1 Å². The summed E-state index contributed by atoms with van der Waals surface area (Å²) in [7, 11) is 3.01. The molecule has 4 amide bonds. The van der Waals surface area contributed by atoms with Crippen LogP contribution in [-0.4, -0.2) is 59.1 Å². The minimum Gasteiger partial charge on any atom is -0.495 e. The molecule has 2 aromatic carbocycles. The van der Waals surface area contributed by atoms with Crippen molar-refractivity contribution in [1.29, 1.82) is 0 Å². The van der Waals surface area contributed by atoms with E-state index in [1.165, 1.54) is 18.2 Å². The standard InChI is InChI=1S/C31H35N5O8/c1-19-7-4-5-8-22(19)34-31(43)35-23-13-11-20(15-25(23)44-3)16-28(38)36(2)26-14-12-21(18-32-26)24(17-30(41)42)33-27(37)9-6-10-29(39)40/h4-5,7-8,11-15,18,24H,6,9-10,16-17H2,1-3H3,(H,33,37)(H,39,40)(H,41,42)(H2,34,35,43). The first kappa shape index (κ1) is 33.0. The predicted molar refractivity (Wildman–Crippen MR) is 163 cm³/mol. The Bertz CT molecular complexity index is 1510. The smallest absolute Gasteiger partial charge is 0.323 e. The minimum absolute atomic E-state index is 0.0000172. The number of para-hydroxylation sites is 1. The van der Waals surface area contributed by atoms with Crippen LogP contribution in [0.15, 0.2) is 60.8 Å². The molecule has 0 saturated heterocycles. The number of aryl methyl sites for hydroxylation is 1. The van der Waals surface area contributed by atoms with Gasteiger partial charge in [-0.05, 0) is 54.3 Å². The maximum Gasteiger partial charge on any atom is 0.323 e. The Balaban J connectivity index is 1.63. The van der Waals surface area contributed by atoms with E-state index in [0.717, 1.165) is 5.56 Å². The van der Waals surface area contributed by atoms with E-state index in [9.17, 15) is 29.1 Å². The summed E-state index contributed by atoms with van der Waals surface area (Å²) in [6.07, 6.45) is 0.872. The molecule has 0 aliphatic rings. The molecule has 0 spiro atoms. The third-order valence-corrected chi connectivity index (χ3v) is 6.66. The van der Waals surface area contributed by atoms with Crippen LogP contribution in [-0.2, 0) is 25.6 Å². The molecule has 0 aliphatic heterocycles. The molecule has 3 aromatic rings. The molecule has 0 aliphatic carbocycles. The molecule has 1 unspecified atom stereocenters. The summed E-state index contributed by atoms with van der Waals surface area (Å²) in [5, 5.41) is 26.2. The highest BCUT2D eigenvalue weighted by Gasteiger charge is 2.20. The summed E-state index contributed by atoms with van der Waals surface area (Å²) in [5.41, 5.74) is 3.06. The fraction of sp³-hybridized carbons (Fsp3) is 0.290. The number of nitrogens with one attached hydrogen (secondary N) is 3. The Kier molecular flexibility index (Phi) is 11.8. The van der Waals surface area contributed by atoms with Gasteiger partial charge in [0.2, 0.25) is 11.8 Å². The zero-order chi connectivity index (χ0) is 32.2. The first-order valence-corrected chi connectivity index (χ1v) is 13.7. The molecule has 0 radical (unpaired) electrons. The van der Waals surface area contributed by atoms with E-state index < -0.39 is 36.3 Å². The number of nitrogens with zero attached hydrogens (tertiary/aromatic N) is 2. The molecule has 232 valence electrons. The molecule has 13 heteroatoms.